The van der Waals surface area contributed by atoms with Gasteiger partial charge in [-0.15, -0.1) is 0 Å². The average Bonchev–Trinajstić information content (AvgIpc) is 3.46. The number of hydrogen-bond acceptors (Lipinski definition) is 12. The van der Waals surface area contributed by atoms with E-state index < -0.39 is 0 Å². The Balaban J connectivity index is 0.000000158. The van der Waals surface area contributed by atoms with E-state index in [0.717, 1.165) is 86.1 Å². The minimum absolute atomic E-state index is 0.0460. The van der Waals surface area contributed by atoms with Gasteiger partial charge < -0.3 is 59.2 Å². The predicted molar refractivity (Wildman–Crippen MR) is 285 cm³/mol. The zero-order valence-electron chi connectivity index (χ0n) is 41.8. The third-order valence-electron chi connectivity index (χ3n) is 12.2. The van der Waals surface area contributed by atoms with Gasteiger partial charge in [0, 0.05) is 31.3 Å². The minimum Gasteiger partial charge on any atom is -0.497 e. The number of para-hydroxylation sites is 3. The molecule has 72 heavy (non-hydrogen) atoms. The molecule has 0 radical (unpaired) electrons. The Morgan fingerprint density at radius 1 is 0.417 bits per heavy atom. The lowest BCUT2D eigenvalue weighted by Gasteiger charge is -2.22. The molecule has 0 amide bonds. The molecule has 0 saturated carbocycles. The van der Waals surface area contributed by atoms with E-state index in [4.69, 9.17) is 37.9 Å². The highest BCUT2D eigenvalue weighted by molar-refractivity contribution is 5.38. The van der Waals surface area contributed by atoms with Crippen molar-refractivity contribution in [3.8, 4) is 34.5 Å². The van der Waals surface area contributed by atoms with E-state index >= 15 is 0 Å². The highest BCUT2D eigenvalue weighted by Gasteiger charge is 2.15. The Hall–Kier alpha value is -7.86. The quantitative estimate of drug-likeness (QED) is 0.0550. The van der Waals surface area contributed by atoms with Gasteiger partial charge in [-0.1, -0.05) is 91.0 Å². The molecular weight excluding hydrogens is 905 g/mol. The van der Waals surface area contributed by atoms with Gasteiger partial charge in [-0.3, -0.25) is 0 Å². The summed E-state index contributed by atoms with van der Waals surface area (Å²) in [7, 11) is 5.06. The van der Waals surface area contributed by atoms with Crippen molar-refractivity contribution >= 4 is 0 Å². The second-order valence-corrected chi connectivity index (χ2v) is 17.4. The number of benzene rings is 6. The van der Waals surface area contributed by atoms with Crippen LogP contribution in [0.25, 0.3) is 0 Å². The van der Waals surface area contributed by atoms with Gasteiger partial charge in [0.1, 0.15) is 67.0 Å². The normalized spacial score (nSPS) is 16.1. The second kappa shape index (κ2) is 29.4. The van der Waals surface area contributed by atoms with Crippen molar-refractivity contribution in [1.29, 1.82) is 0 Å². The summed E-state index contributed by atoms with van der Waals surface area (Å²) in [4.78, 5) is 0. The molecule has 12 nitrogen and oxygen atoms in total. The molecule has 3 atom stereocenters. The highest BCUT2D eigenvalue weighted by Crippen LogP contribution is 2.24. The molecular formula is C60H70N4O8. The maximum atomic E-state index is 6.05. The fourth-order valence-corrected chi connectivity index (χ4v) is 8.03. The molecule has 3 heterocycles. The van der Waals surface area contributed by atoms with E-state index in [9.17, 15) is 0 Å². The van der Waals surface area contributed by atoms with Gasteiger partial charge in [-0.25, -0.2) is 0 Å². The lowest BCUT2D eigenvalue weighted by molar-refractivity contribution is 0.0797. The lowest BCUT2D eigenvalue weighted by atomic mass is 10.0. The van der Waals surface area contributed by atoms with Crippen molar-refractivity contribution in [3.63, 3.8) is 0 Å². The van der Waals surface area contributed by atoms with Gasteiger partial charge in [0.2, 0.25) is 0 Å². The Morgan fingerprint density at radius 3 is 1.25 bits per heavy atom. The zero-order valence-corrected chi connectivity index (χ0v) is 41.8. The number of hydrogen-bond donors (Lipinski definition) is 4. The Bertz CT molecular complexity index is 2280. The number of nitrogens with one attached hydrogen (secondary N) is 4. The molecule has 6 aromatic rings. The molecule has 0 fully saturated rings. The second-order valence-electron chi connectivity index (χ2n) is 17.4. The molecule has 3 aliphatic heterocycles. The molecule has 6 aromatic carbocycles. The summed E-state index contributed by atoms with van der Waals surface area (Å²) in [5.41, 5.74) is 7.56. The molecule has 9 rings (SSSR count). The first kappa shape index (κ1) is 52.0. The molecule has 0 saturated heterocycles. The van der Waals surface area contributed by atoms with Crippen LogP contribution in [-0.2, 0) is 48.0 Å². The van der Waals surface area contributed by atoms with Gasteiger partial charge in [0.25, 0.3) is 0 Å². The summed E-state index contributed by atoms with van der Waals surface area (Å²) in [6.07, 6.45) is 16.6. The van der Waals surface area contributed by atoms with Crippen molar-refractivity contribution in [3.05, 3.63) is 216 Å². The largest absolute Gasteiger partial charge is 0.497 e. The van der Waals surface area contributed by atoms with Crippen LogP contribution < -0.4 is 49.7 Å². The summed E-state index contributed by atoms with van der Waals surface area (Å²) in [5.74, 6) is 5.52. The SMILES string of the molecule is COc1ccc(CCc2ccccc2OCC2CNC=CN2)cc1.COc1ccc(CCc2ccccc2OC[C@@H]2COC=CN2)cc1.COc1ccc(CCc2ccccc2OC[C@H]2CNC=CO2)cc1. The Morgan fingerprint density at radius 2 is 0.847 bits per heavy atom. The van der Waals surface area contributed by atoms with E-state index in [1.165, 1.54) is 33.4 Å². The molecule has 378 valence electrons. The summed E-state index contributed by atoms with van der Waals surface area (Å²) in [6.45, 7) is 4.05. The van der Waals surface area contributed by atoms with Crippen LogP contribution in [0.5, 0.6) is 34.5 Å². The predicted octanol–water partition coefficient (Wildman–Crippen LogP) is 9.53. The van der Waals surface area contributed by atoms with E-state index in [1.54, 1.807) is 40.1 Å². The van der Waals surface area contributed by atoms with Gasteiger partial charge in [0.15, 0.2) is 0 Å². The summed E-state index contributed by atoms with van der Waals surface area (Å²) >= 11 is 0. The molecule has 4 N–H and O–H groups in total. The molecule has 1 unspecified atom stereocenters. The lowest BCUT2D eigenvalue weighted by Crippen LogP contribution is -2.42. The van der Waals surface area contributed by atoms with Crippen LogP contribution >= 0.6 is 0 Å². The monoisotopic (exact) mass is 975 g/mol. The van der Waals surface area contributed by atoms with E-state index in [2.05, 4.69) is 100 Å². The maximum Gasteiger partial charge on any atom is 0.149 e. The zero-order chi connectivity index (χ0) is 49.8. The van der Waals surface area contributed by atoms with Gasteiger partial charge >= 0.3 is 0 Å². The van der Waals surface area contributed by atoms with Gasteiger partial charge in [-0.2, -0.15) is 0 Å². The molecule has 0 aromatic heterocycles. The number of aryl methyl sites for hydroxylation is 6. The van der Waals surface area contributed by atoms with Crippen LogP contribution in [0.2, 0.25) is 0 Å². The van der Waals surface area contributed by atoms with Crippen molar-refractivity contribution < 1.29 is 37.9 Å². The van der Waals surface area contributed by atoms with E-state index in [-0.39, 0.29) is 12.1 Å². The topological polar surface area (TPSA) is 122 Å². The molecule has 0 bridgehead atoms. The van der Waals surface area contributed by atoms with Crippen LogP contribution in [0.4, 0.5) is 0 Å². The third kappa shape index (κ3) is 17.5. The summed E-state index contributed by atoms with van der Waals surface area (Å²) in [6, 6.07) is 49.9. The van der Waals surface area contributed by atoms with Crippen molar-refractivity contribution in [1.82, 2.24) is 21.3 Å². The summed E-state index contributed by atoms with van der Waals surface area (Å²) < 4.78 is 44.4. The smallest absolute Gasteiger partial charge is 0.149 e. The standard InChI is InChI=1S/C20H24N2O2.2C20H23NO3/c1-23-19-10-7-16(8-11-19)6-9-17-4-2-3-5-20(17)24-15-18-14-21-12-13-22-18;1-22-19-10-7-16(8-11-19)6-9-17-4-2-3-5-20(17)24-15-18-14-23-13-12-21-18;1-22-18-10-7-16(8-11-18)6-9-17-4-2-3-5-20(17)24-15-19-14-21-12-13-23-19/h2-5,7-8,10-13,18,21-22H,6,9,14-15H2,1H3;2-5,7-8,10-13,18,21H,6,9,14-15H2,1H3;2-5,7-8,10-13,19,21H,6,9,14-15H2,1H3/t;18-;19-/m.01/s1. The Kier molecular flexibility index (Phi) is 21.2. The van der Waals surface area contributed by atoms with Crippen molar-refractivity contribution in [2.75, 3.05) is 60.8 Å². The maximum absolute atomic E-state index is 6.05. The number of rotatable bonds is 21. The Labute approximate surface area is 426 Å². The number of ether oxygens (including phenoxy) is 8. The molecule has 3 aliphatic rings. The number of methoxy groups -OCH3 is 3. The first-order valence-electron chi connectivity index (χ1n) is 24.8. The van der Waals surface area contributed by atoms with Crippen LogP contribution in [0.15, 0.2) is 183 Å². The van der Waals surface area contributed by atoms with Crippen LogP contribution in [0.3, 0.4) is 0 Å². The van der Waals surface area contributed by atoms with Gasteiger partial charge in [0.05, 0.1) is 52.5 Å². The molecule has 0 spiro atoms. The van der Waals surface area contributed by atoms with Gasteiger partial charge in [-0.05, 0) is 127 Å². The highest BCUT2D eigenvalue weighted by atomic mass is 16.5. The minimum atomic E-state index is 0.0460. The van der Waals surface area contributed by atoms with Crippen LogP contribution in [0.1, 0.15) is 33.4 Å². The van der Waals surface area contributed by atoms with Crippen LogP contribution in [-0.4, -0.2) is 79.0 Å². The fraction of sp³-hybridized carbons (Fsp3) is 0.300. The first-order chi connectivity index (χ1) is 35.5. The third-order valence-corrected chi connectivity index (χ3v) is 12.2. The van der Waals surface area contributed by atoms with Crippen molar-refractivity contribution in [2.45, 2.75) is 56.7 Å². The van der Waals surface area contributed by atoms with Crippen molar-refractivity contribution in [2.24, 2.45) is 0 Å². The van der Waals surface area contributed by atoms with Crippen LogP contribution in [0, 0.1) is 0 Å². The fourth-order valence-electron chi connectivity index (χ4n) is 8.03. The summed E-state index contributed by atoms with van der Waals surface area (Å²) in [5, 5.41) is 12.9. The average molecular weight is 975 g/mol. The van der Waals surface area contributed by atoms with E-state index in [1.807, 2.05) is 85.3 Å². The van der Waals surface area contributed by atoms with E-state index in [0.29, 0.717) is 32.5 Å². The first-order valence-corrected chi connectivity index (χ1v) is 24.8. The molecule has 0 aliphatic carbocycles. The molecule has 12 heteroatoms.